The lowest BCUT2D eigenvalue weighted by molar-refractivity contribution is 0.234. The zero-order valence-electron chi connectivity index (χ0n) is 11.7. The largest absolute Gasteiger partial charge is 0.394 e. The number of aliphatic hydroxyl groups excluding tert-OH is 1. The molecule has 0 radical (unpaired) electrons. The highest BCUT2D eigenvalue weighted by atomic mass is 16.3. The third kappa shape index (κ3) is 3.84. The molecule has 5 heteroatoms. The summed E-state index contributed by atoms with van der Waals surface area (Å²) in [7, 11) is 0. The number of nitrogens with one attached hydrogen (secondary N) is 2. The summed E-state index contributed by atoms with van der Waals surface area (Å²) < 4.78 is 0. The van der Waals surface area contributed by atoms with Crippen molar-refractivity contribution in [2.75, 3.05) is 23.8 Å². The molecule has 0 unspecified atom stereocenters. The second kappa shape index (κ2) is 6.54. The lowest BCUT2D eigenvalue weighted by Crippen LogP contribution is -2.35. The molecule has 0 aliphatic rings. The summed E-state index contributed by atoms with van der Waals surface area (Å²) in [5.74, 6) is 1.68. The molecule has 0 saturated carbocycles. The number of aliphatic hydroxyl groups is 1. The molecular weight excluding hydrogens is 228 g/mol. The minimum absolute atomic E-state index is 0.0535. The van der Waals surface area contributed by atoms with E-state index in [-0.39, 0.29) is 12.1 Å². The monoisotopic (exact) mass is 252 g/mol. The lowest BCUT2D eigenvalue weighted by Gasteiger charge is -2.26. The van der Waals surface area contributed by atoms with Gasteiger partial charge in [0.25, 0.3) is 0 Å². The van der Waals surface area contributed by atoms with Crippen molar-refractivity contribution >= 4 is 11.6 Å². The van der Waals surface area contributed by atoms with Crippen LogP contribution >= 0.6 is 0 Å². The highest BCUT2D eigenvalue weighted by molar-refractivity contribution is 5.58. The number of hydrogen-bond acceptors (Lipinski definition) is 5. The molecule has 5 nitrogen and oxygen atoms in total. The fourth-order valence-corrected chi connectivity index (χ4v) is 1.61. The Bertz CT molecular complexity index is 379. The summed E-state index contributed by atoms with van der Waals surface area (Å²) >= 11 is 0. The predicted molar refractivity (Wildman–Crippen MR) is 75.0 cm³/mol. The number of rotatable bonds is 7. The molecular formula is C13H24N4O. The molecule has 0 amide bonds. The second-order valence-electron chi connectivity index (χ2n) is 5.00. The standard InChI is InChI=1S/C13H24N4O/c1-5-7-14-11-10(6-2)12(16-9-15-11)17-13(3,4)8-18/h9,18H,5-8H2,1-4H3,(H2,14,15,16,17). The highest BCUT2D eigenvalue weighted by Gasteiger charge is 2.19. The van der Waals surface area contributed by atoms with E-state index >= 15 is 0 Å². The summed E-state index contributed by atoms with van der Waals surface area (Å²) in [6.45, 7) is 9.02. The van der Waals surface area contributed by atoms with Crippen LogP contribution in [0.15, 0.2) is 6.33 Å². The van der Waals surface area contributed by atoms with Crippen LogP contribution in [0.2, 0.25) is 0 Å². The van der Waals surface area contributed by atoms with Crippen molar-refractivity contribution in [1.29, 1.82) is 0 Å². The zero-order chi connectivity index (χ0) is 13.6. The van der Waals surface area contributed by atoms with Crippen LogP contribution in [0.5, 0.6) is 0 Å². The van der Waals surface area contributed by atoms with E-state index in [0.29, 0.717) is 0 Å². The molecule has 0 spiro atoms. The molecule has 1 aromatic heterocycles. The first-order chi connectivity index (χ1) is 8.54. The van der Waals surface area contributed by atoms with E-state index in [9.17, 15) is 5.11 Å². The first kappa shape index (κ1) is 14.7. The van der Waals surface area contributed by atoms with Gasteiger partial charge in [0.1, 0.15) is 18.0 Å². The second-order valence-corrected chi connectivity index (χ2v) is 5.00. The van der Waals surface area contributed by atoms with Gasteiger partial charge in [-0.1, -0.05) is 13.8 Å². The molecule has 0 atom stereocenters. The Balaban J connectivity index is 2.97. The Morgan fingerprint density at radius 3 is 2.44 bits per heavy atom. The summed E-state index contributed by atoms with van der Waals surface area (Å²) in [4.78, 5) is 8.56. The zero-order valence-corrected chi connectivity index (χ0v) is 11.7. The van der Waals surface area contributed by atoms with Gasteiger partial charge in [-0.05, 0) is 26.7 Å². The van der Waals surface area contributed by atoms with Crippen molar-refractivity contribution in [3.63, 3.8) is 0 Å². The fraction of sp³-hybridized carbons (Fsp3) is 0.692. The molecule has 0 fully saturated rings. The maximum atomic E-state index is 9.31. The van der Waals surface area contributed by atoms with E-state index in [0.717, 1.165) is 36.6 Å². The summed E-state index contributed by atoms with van der Waals surface area (Å²) in [5.41, 5.74) is 0.674. The Kier molecular flexibility index (Phi) is 5.34. The Morgan fingerprint density at radius 1 is 1.22 bits per heavy atom. The van der Waals surface area contributed by atoms with Gasteiger partial charge in [-0.2, -0.15) is 0 Å². The molecule has 0 aromatic carbocycles. The van der Waals surface area contributed by atoms with Crippen LogP contribution in [0.3, 0.4) is 0 Å². The Hall–Kier alpha value is -1.36. The van der Waals surface area contributed by atoms with E-state index in [2.05, 4.69) is 34.4 Å². The van der Waals surface area contributed by atoms with E-state index in [1.807, 2.05) is 13.8 Å². The molecule has 1 heterocycles. The minimum Gasteiger partial charge on any atom is -0.394 e. The van der Waals surface area contributed by atoms with Gasteiger partial charge in [0.05, 0.1) is 12.1 Å². The summed E-state index contributed by atoms with van der Waals surface area (Å²) in [5, 5.41) is 15.9. The van der Waals surface area contributed by atoms with Gasteiger partial charge in [-0.25, -0.2) is 9.97 Å². The first-order valence-corrected chi connectivity index (χ1v) is 6.50. The smallest absolute Gasteiger partial charge is 0.135 e. The van der Waals surface area contributed by atoms with Crippen LogP contribution in [0.25, 0.3) is 0 Å². The topological polar surface area (TPSA) is 70.1 Å². The maximum Gasteiger partial charge on any atom is 0.135 e. The Morgan fingerprint density at radius 2 is 1.89 bits per heavy atom. The number of aromatic nitrogens is 2. The van der Waals surface area contributed by atoms with Gasteiger partial charge >= 0.3 is 0 Å². The molecule has 0 bridgehead atoms. The third-order valence-electron chi connectivity index (χ3n) is 2.69. The highest BCUT2D eigenvalue weighted by Crippen LogP contribution is 2.23. The van der Waals surface area contributed by atoms with Crippen molar-refractivity contribution in [3.05, 3.63) is 11.9 Å². The van der Waals surface area contributed by atoms with Gasteiger partial charge in [0.15, 0.2) is 0 Å². The van der Waals surface area contributed by atoms with E-state index < -0.39 is 0 Å². The van der Waals surface area contributed by atoms with Crippen molar-refractivity contribution in [1.82, 2.24) is 9.97 Å². The molecule has 0 saturated heterocycles. The van der Waals surface area contributed by atoms with Crippen molar-refractivity contribution < 1.29 is 5.11 Å². The van der Waals surface area contributed by atoms with Crippen LogP contribution in [0.4, 0.5) is 11.6 Å². The molecule has 3 N–H and O–H groups in total. The van der Waals surface area contributed by atoms with E-state index in [4.69, 9.17) is 0 Å². The molecule has 0 aliphatic heterocycles. The molecule has 1 aromatic rings. The summed E-state index contributed by atoms with van der Waals surface area (Å²) in [6.07, 6.45) is 3.45. The summed E-state index contributed by atoms with van der Waals surface area (Å²) in [6, 6.07) is 0. The van der Waals surface area contributed by atoms with Crippen LogP contribution in [-0.2, 0) is 6.42 Å². The molecule has 18 heavy (non-hydrogen) atoms. The first-order valence-electron chi connectivity index (χ1n) is 6.50. The third-order valence-corrected chi connectivity index (χ3v) is 2.69. The number of anilines is 2. The van der Waals surface area contributed by atoms with Gasteiger partial charge in [-0.3, -0.25) is 0 Å². The van der Waals surface area contributed by atoms with Gasteiger partial charge in [0.2, 0.25) is 0 Å². The van der Waals surface area contributed by atoms with Crippen molar-refractivity contribution in [2.45, 2.75) is 46.1 Å². The van der Waals surface area contributed by atoms with Gasteiger partial charge in [0, 0.05) is 12.1 Å². The number of hydrogen-bond donors (Lipinski definition) is 3. The molecule has 0 aliphatic carbocycles. The average molecular weight is 252 g/mol. The Labute approximate surface area is 109 Å². The average Bonchev–Trinajstić information content (AvgIpc) is 2.36. The number of nitrogens with zero attached hydrogens (tertiary/aromatic N) is 2. The van der Waals surface area contributed by atoms with E-state index in [1.165, 1.54) is 0 Å². The van der Waals surface area contributed by atoms with Gasteiger partial charge in [-0.15, -0.1) is 0 Å². The fourth-order valence-electron chi connectivity index (χ4n) is 1.61. The van der Waals surface area contributed by atoms with Crippen LogP contribution in [0.1, 0.15) is 39.7 Å². The minimum atomic E-state index is -0.389. The SMILES string of the molecule is CCCNc1ncnc(NC(C)(C)CO)c1CC. The van der Waals surface area contributed by atoms with Gasteiger partial charge < -0.3 is 15.7 Å². The van der Waals surface area contributed by atoms with Crippen LogP contribution < -0.4 is 10.6 Å². The van der Waals surface area contributed by atoms with E-state index in [1.54, 1.807) is 6.33 Å². The maximum absolute atomic E-state index is 9.31. The normalized spacial score (nSPS) is 11.4. The van der Waals surface area contributed by atoms with Crippen LogP contribution in [-0.4, -0.2) is 33.8 Å². The van der Waals surface area contributed by atoms with Crippen LogP contribution in [0, 0.1) is 0 Å². The predicted octanol–water partition coefficient (Wildman–Crippen LogP) is 2.04. The van der Waals surface area contributed by atoms with Crippen molar-refractivity contribution in [2.24, 2.45) is 0 Å². The molecule has 1 rings (SSSR count). The quantitative estimate of drug-likeness (QED) is 0.693. The molecule has 102 valence electrons. The van der Waals surface area contributed by atoms with Crippen molar-refractivity contribution in [3.8, 4) is 0 Å². The lowest BCUT2D eigenvalue weighted by atomic mass is 10.1.